The topological polar surface area (TPSA) is 123 Å². The number of aryl methyl sites for hydroxylation is 3. The zero-order valence-electron chi connectivity index (χ0n) is 14.8. The van der Waals surface area contributed by atoms with E-state index in [1.807, 2.05) is 13.2 Å². The molecule has 10 nitrogen and oxygen atoms in total. The maximum Gasteiger partial charge on any atom is 0.329 e. The fourth-order valence-electron chi connectivity index (χ4n) is 3.55. The average molecular weight is 359 g/mol. The number of rotatable bonds is 4. The van der Waals surface area contributed by atoms with Crippen molar-refractivity contribution in [1.29, 1.82) is 0 Å². The maximum atomic E-state index is 12.2. The van der Waals surface area contributed by atoms with Gasteiger partial charge in [0.2, 0.25) is 5.95 Å². The van der Waals surface area contributed by atoms with E-state index in [0.29, 0.717) is 30.0 Å². The first-order valence-electron chi connectivity index (χ1n) is 8.44. The molecule has 0 aliphatic heterocycles. The molecule has 0 amide bonds. The normalized spacial score (nSPS) is 20.9. The molecule has 0 saturated heterocycles. The van der Waals surface area contributed by atoms with E-state index in [-0.39, 0.29) is 18.1 Å². The molecule has 3 aromatic heterocycles. The van der Waals surface area contributed by atoms with Crippen LogP contribution >= 0.6 is 0 Å². The Morgan fingerprint density at radius 1 is 1.27 bits per heavy atom. The second-order valence-corrected chi connectivity index (χ2v) is 6.94. The number of hydrogen-bond acceptors (Lipinski definition) is 6. The summed E-state index contributed by atoms with van der Waals surface area (Å²) >= 11 is 0. The standard InChI is InChI=1S/C16H21N7O3/c1-21-7-9(6-17-21)11(8-4-10(24)5-8)18-15-19-13-12(22(15)2)14(25)20-16(26)23(13)3/h6-8,10-11,24H,4-5H2,1-3H3,(H,18,19)(H,20,25,26). The van der Waals surface area contributed by atoms with E-state index in [1.54, 1.807) is 29.5 Å². The van der Waals surface area contributed by atoms with Gasteiger partial charge in [-0.3, -0.25) is 19.0 Å². The molecular weight excluding hydrogens is 338 g/mol. The molecule has 1 saturated carbocycles. The molecular formula is C16H21N7O3. The van der Waals surface area contributed by atoms with Gasteiger partial charge in [-0.1, -0.05) is 0 Å². The zero-order chi connectivity index (χ0) is 18.6. The SMILES string of the molecule is Cn1cc(C(Nc2nc3c(c(=O)[nH]c(=O)n3C)n2C)C2CC(O)C2)cn1. The fraction of sp³-hybridized carbons (Fsp3) is 0.500. The highest BCUT2D eigenvalue weighted by Gasteiger charge is 2.36. The number of nitrogens with zero attached hydrogens (tertiary/aromatic N) is 5. The van der Waals surface area contributed by atoms with Crippen molar-refractivity contribution in [1.82, 2.24) is 28.9 Å². The lowest BCUT2D eigenvalue weighted by atomic mass is 9.75. The number of nitrogens with one attached hydrogen (secondary N) is 2. The highest BCUT2D eigenvalue weighted by molar-refractivity contribution is 5.74. The van der Waals surface area contributed by atoms with Gasteiger partial charge in [0.1, 0.15) is 0 Å². The van der Waals surface area contributed by atoms with Crippen LogP contribution in [0.2, 0.25) is 0 Å². The summed E-state index contributed by atoms with van der Waals surface area (Å²) in [6.07, 6.45) is 4.80. The van der Waals surface area contributed by atoms with Gasteiger partial charge in [-0.05, 0) is 18.8 Å². The van der Waals surface area contributed by atoms with E-state index >= 15 is 0 Å². The summed E-state index contributed by atoms with van der Waals surface area (Å²) in [6, 6.07) is -0.0984. The van der Waals surface area contributed by atoms with E-state index in [4.69, 9.17) is 0 Å². The van der Waals surface area contributed by atoms with Gasteiger partial charge in [-0.15, -0.1) is 0 Å². The molecule has 0 radical (unpaired) electrons. The van der Waals surface area contributed by atoms with Crippen LogP contribution in [0.3, 0.4) is 0 Å². The molecule has 1 aliphatic rings. The van der Waals surface area contributed by atoms with E-state index in [0.717, 1.165) is 5.56 Å². The van der Waals surface area contributed by atoms with Crippen molar-refractivity contribution in [3.63, 3.8) is 0 Å². The Bertz CT molecular complexity index is 1080. The van der Waals surface area contributed by atoms with Crippen molar-refractivity contribution in [2.75, 3.05) is 5.32 Å². The van der Waals surface area contributed by atoms with Crippen LogP contribution in [0.5, 0.6) is 0 Å². The highest BCUT2D eigenvalue weighted by Crippen LogP contribution is 2.39. The number of H-pyrrole nitrogens is 1. The van der Waals surface area contributed by atoms with Gasteiger partial charge < -0.3 is 15.0 Å². The summed E-state index contributed by atoms with van der Waals surface area (Å²) in [7, 11) is 5.14. The number of imidazole rings is 1. The van der Waals surface area contributed by atoms with Gasteiger partial charge in [-0.25, -0.2) is 4.79 Å². The Morgan fingerprint density at radius 3 is 2.62 bits per heavy atom. The van der Waals surface area contributed by atoms with Gasteiger partial charge in [0.05, 0.1) is 18.3 Å². The van der Waals surface area contributed by atoms with Gasteiger partial charge in [0.25, 0.3) is 5.56 Å². The Balaban J connectivity index is 1.77. The molecule has 10 heteroatoms. The molecule has 3 N–H and O–H groups in total. The molecule has 1 unspecified atom stereocenters. The van der Waals surface area contributed by atoms with Crippen molar-refractivity contribution in [3.05, 3.63) is 38.8 Å². The minimum Gasteiger partial charge on any atom is -0.393 e. The Morgan fingerprint density at radius 2 is 2.00 bits per heavy atom. The van der Waals surface area contributed by atoms with Gasteiger partial charge in [0, 0.05) is 32.9 Å². The van der Waals surface area contributed by atoms with Crippen molar-refractivity contribution in [2.45, 2.75) is 25.0 Å². The largest absolute Gasteiger partial charge is 0.393 e. The fourth-order valence-corrected chi connectivity index (χ4v) is 3.55. The average Bonchev–Trinajstić information content (AvgIpc) is 3.12. The summed E-state index contributed by atoms with van der Waals surface area (Å²) in [5.74, 6) is 0.720. The number of hydrogen-bond donors (Lipinski definition) is 3. The second-order valence-electron chi connectivity index (χ2n) is 6.94. The lowest BCUT2D eigenvalue weighted by Crippen LogP contribution is -2.36. The lowest BCUT2D eigenvalue weighted by molar-refractivity contribution is 0.0338. The van der Waals surface area contributed by atoms with Crippen molar-refractivity contribution < 1.29 is 5.11 Å². The number of aliphatic hydroxyl groups is 1. The minimum atomic E-state index is -0.502. The highest BCUT2D eigenvalue weighted by atomic mass is 16.3. The van der Waals surface area contributed by atoms with Crippen molar-refractivity contribution in [2.24, 2.45) is 27.1 Å². The van der Waals surface area contributed by atoms with Crippen molar-refractivity contribution >= 4 is 17.1 Å². The van der Waals surface area contributed by atoms with Crippen LogP contribution in [0.4, 0.5) is 5.95 Å². The lowest BCUT2D eigenvalue weighted by Gasteiger charge is -2.37. The predicted molar refractivity (Wildman–Crippen MR) is 94.9 cm³/mol. The molecule has 3 aromatic rings. The molecule has 138 valence electrons. The Hall–Kier alpha value is -2.88. The molecule has 26 heavy (non-hydrogen) atoms. The van der Waals surface area contributed by atoms with Crippen LogP contribution < -0.4 is 16.6 Å². The summed E-state index contributed by atoms with van der Waals surface area (Å²) in [6.45, 7) is 0. The van der Waals surface area contributed by atoms with Crippen LogP contribution in [0.15, 0.2) is 22.0 Å². The molecule has 4 rings (SSSR count). The minimum absolute atomic E-state index is 0.0984. The summed E-state index contributed by atoms with van der Waals surface area (Å²) < 4.78 is 4.68. The third kappa shape index (κ3) is 2.53. The number of aromatic nitrogens is 6. The molecule has 0 aromatic carbocycles. The summed E-state index contributed by atoms with van der Waals surface area (Å²) in [4.78, 5) is 30.8. The first kappa shape index (κ1) is 16.6. The van der Waals surface area contributed by atoms with Gasteiger partial charge >= 0.3 is 5.69 Å². The predicted octanol–water partition coefficient (Wildman–Crippen LogP) is -0.382. The molecule has 0 bridgehead atoms. The molecule has 1 atom stereocenters. The summed E-state index contributed by atoms with van der Waals surface area (Å²) in [5.41, 5.74) is 0.663. The second kappa shape index (κ2) is 5.84. The van der Waals surface area contributed by atoms with Crippen molar-refractivity contribution in [3.8, 4) is 0 Å². The third-order valence-corrected chi connectivity index (χ3v) is 5.12. The number of aliphatic hydroxyl groups excluding tert-OH is 1. The molecule has 1 fully saturated rings. The van der Waals surface area contributed by atoms with E-state index in [9.17, 15) is 14.7 Å². The number of aromatic amines is 1. The monoisotopic (exact) mass is 359 g/mol. The number of fused-ring (bicyclic) bond motifs is 1. The van der Waals surface area contributed by atoms with Crippen LogP contribution in [-0.2, 0) is 21.1 Å². The summed E-state index contributed by atoms with van der Waals surface area (Å²) in [5, 5.41) is 17.3. The third-order valence-electron chi connectivity index (χ3n) is 5.12. The van der Waals surface area contributed by atoms with E-state index in [1.165, 1.54) is 4.57 Å². The van der Waals surface area contributed by atoms with Gasteiger partial charge in [0.15, 0.2) is 11.2 Å². The Kier molecular flexibility index (Phi) is 3.72. The van der Waals surface area contributed by atoms with Crippen LogP contribution in [0.1, 0.15) is 24.4 Å². The quantitative estimate of drug-likeness (QED) is 0.583. The van der Waals surface area contributed by atoms with E-state index < -0.39 is 11.2 Å². The zero-order valence-corrected chi connectivity index (χ0v) is 14.8. The van der Waals surface area contributed by atoms with Gasteiger partial charge in [-0.2, -0.15) is 10.1 Å². The van der Waals surface area contributed by atoms with Crippen LogP contribution in [0.25, 0.3) is 11.2 Å². The van der Waals surface area contributed by atoms with Crippen LogP contribution in [-0.4, -0.2) is 40.1 Å². The molecule has 1 aliphatic carbocycles. The molecule has 0 spiro atoms. The van der Waals surface area contributed by atoms with Crippen LogP contribution in [0, 0.1) is 5.92 Å². The first-order chi connectivity index (χ1) is 12.3. The first-order valence-corrected chi connectivity index (χ1v) is 8.44. The maximum absolute atomic E-state index is 12.2. The number of anilines is 1. The molecule has 3 heterocycles. The Labute approximate surface area is 148 Å². The van der Waals surface area contributed by atoms with E-state index in [2.05, 4.69) is 20.4 Å². The smallest absolute Gasteiger partial charge is 0.329 e.